The zero-order chi connectivity index (χ0) is 24.1. The molecule has 178 valence electrons. The second-order valence-corrected chi connectivity index (χ2v) is 10.5. The molecule has 5 rings (SSSR count). The molecule has 3 aliphatic rings. The number of piperazine rings is 1. The van der Waals surface area contributed by atoms with Gasteiger partial charge in [0.15, 0.2) is 5.82 Å². The van der Waals surface area contributed by atoms with Crippen molar-refractivity contribution in [3.8, 4) is 6.07 Å². The Labute approximate surface area is 199 Å². The summed E-state index contributed by atoms with van der Waals surface area (Å²) < 4.78 is 5.60. The lowest BCUT2D eigenvalue weighted by Gasteiger charge is -2.43. The first-order valence-electron chi connectivity index (χ1n) is 11.8. The number of fused-ring (bicyclic) bond motifs is 2. The Morgan fingerprint density at radius 2 is 2.00 bits per heavy atom. The number of carbonyl (C=O) groups is 1. The topological polar surface area (TPSA) is 111 Å². The molecular weight excluding hydrogens is 432 g/mol. The third-order valence-electron chi connectivity index (χ3n) is 6.97. The van der Waals surface area contributed by atoms with Gasteiger partial charge in [-0.15, -0.1) is 5.10 Å². The van der Waals surface area contributed by atoms with E-state index in [-0.39, 0.29) is 17.6 Å². The number of hydrogen-bond acceptors (Lipinski definition) is 9. The van der Waals surface area contributed by atoms with Crippen molar-refractivity contribution in [2.45, 2.75) is 64.0 Å². The lowest BCUT2D eigenvalue weighted by Crippen LogP contribution is -2.55. The van der Waals surface area contributed by atoms with E-state index in [9.17, 15) is 10.1 Å². The number of rotatable bonds is 2. The molecule has 1 saturated carbocycles. The van der Waals surface area contributed by atoms with Crippen LogP contribution in [-0.4, -0.2) is 69.0 Å². The molecule has 1 saturated heterocycles. The summed E-state index contributed by atoms with van der Waals surface area (Å²) in [5, 5.41) is 17.6. The van der Waals surface area contributed by atoms with Crippen LogP contribution in [-0.2, 0) is 10.2 Å². The molecule has 4 heterocycles. The van der Waals surface area contributed by atoms with E-state index in [1.54, 1.807) is 17.3 Å². The fourth-order valence-electron chi connectivity index (χ4n) is 5.23. The first kappa shape index (κ1) is 22.3. The van der Waals surface area contributed by atoms with Gasteiger partial charge in [-0.25, -0.2) is 14.8 Å². The second-order valence-electron chi connectivity index (χ2n) is 10.5. The van der Waals surface area contributed by atoms with Crippen molar-refractivity contribution in [2.24, 2.45) is 0 Å². The largest absolute Gasteiger partial charge is 0.444 e. The zero-order valence-electron chi connectivity index (χ0n) is 20.2. The Morgan fingerprint density at radius 3 is 2.65 bits per heavy atom. The van der Waals surface area contributed by atoms with Gasteiger partial charge in [0.1, 0.15) is 29.6 Å². The van der Waals surface area contributed by atoms with Gasteiger partial charge >= 0.3 is 6.09 Å². The quantitative estimate of drug-likeness (QED) is 0.664. The van der Waals surface area contributed by atoms with Crippen LogP contribution < -0.4 is 9.80 Å². The number of nitriles is 1. The number of ether oxygens (including phenoxy) is 1. The van der Waals surface area contributed by atoms with Crippen LogP contribution in [0.1, 0.15) is 58.1 Å². The van der Waals surface area contributed by atoms with Gasteiger partial charge in [0, 0.05) is 49.3 Å². The fraction of sp³-hybridized carbons (Fsp3) is 0.583. The molecule has 2 aliphatic heterocycles. The fourth-order valence-corrected chi connectivity index (χ4v) is 5.23. The predicted octanol–water partition coefficient (Wildman–Crippen LogP) is 3.16. The summed E-state index contributed by atoms with van der Waals surface area (Å²) in [5.41, 5.74) is 1.08. The van der Waals surface area contributed by atoms with Gasteiger partial charge in [-0.3, -0.25) is 0 Å². The number of hydrogen-bond donors (Lipinski definition) is 0. The number of aromatic nitrogens is 4. The Morgan fingerprint density at radius 1 is 1.24 bits per heavy atom. The lowest BCUT2D eigenvalue weighted by molar-refractivity contribution is 0.0158. The molecule has 10 nitrogen and oxygen atoms in total. The van der Waals surface area contributed by atoms with E-state index >= 15 is 0 Å². The van der Waals surface area contributed by atoms with Crippen LogP contribution >= 0.6 is 0 Å². The maximum absolute atomic E-state index is 12.7. The molecule has 34 heavy (non-hydrogen) atoms. The summed E-state index contributed by atoms with van der Waals surface area (Å²) in [6.45, 7) is 10.4. The van der Waals surface area contributed by atoms with E-state index in [2.05, 4.69) is 31.1 Å². The van der Waals surface area contributed by atoms with Crippen molar-refractivity contribution in [3.05, 3.63) is 29.7 Å². The molecule has 1 unspecified atom stereocenters. The Kier molecular flexibility index (Phi) is 5.30. The van der Waals surface area contributed by atoms with Crippen molar-refractivity contribution in [1.82, 2.24) is 25.1 Å². The third-order valence-corrected chi connectivity index (χ3v) is 6.97. The molecular formula is C24H30N8O2. The summed E-state index contributed by atoms with van der Waals surface area (Å²) in [5.74, 6) is 2.42. The lowest BCUT2D eigenvalue weighted by atomic mass is 9.66. The molecule has 0 N–H and O–H groups in total. The molecule has 0 aromatic carbocycles. The maximum Gasteiger partial charge on any atom is 0.410 e. The van der Waals surface area contributed by atoms with Gasteiger partial charge in [0.2, 0.25) is 0 Å². The van der Waals surface area contributed by atoms with Gasteiger partial charge in [0.05, 0.1) is 11.8 Å². The summed E-state index contributed by atoms with van der Waals surface area (Å²) >= 11 is 0. The molecule has 1 spiro atoms. The standard InChI is InChI=1S/C24H30N8O2/c1-16-13-30(8-9-31(16)22(33)34-23(2,3)4)20-19-21(27-15-26-20)32(14-24(19)6-5-7-24)18-10-17(11-25)12-28-29-18/h10,12,15-16H,5-9,13-14H2,1-4H3. The second kappa shape index (κ2) is 8.08. The number of anilines is 3. The van der Waals surface area contributed by atoms with E-state index in [0.717, 1.165) is 43.0 Å². The van der Waals surface area contributed by atoms with Gasteiger partial charge in [-0.05, 0) is 40.5 Å². The summed E-state index contributed by atoms with van der Waals surface area (Å²) in [7, 11) is 0. The highest BCUT2D eigenvalue weighted by molar-refractivity contribution is 5.75. The van der Waals surface area contributed by atoms with Crippen LogP contribution in [0.5, 0.6) is 0 Å². The summed E-state index contributed by atoms with van der Waals surface area (Å²) in [6, 6.07) is 3.90. The molecule has 1 amide bonds. The number of nitrogens with zero attached hydrogens (tertiary/aromatic N) is 8. The monoisotopic (exact) mass is 462 g/mol. The molecule has 2 fully saturated rings. The smallest absolute Gasteiger partial charge is 0.410 e. The van der Waals surface area contributed by atoms with Crippen LogP contribution in [0.2, 0.25) is 0 Å². The number of carbonyl (C=O) groups excluding carboxylic acids is 1. The maximum atomic E-state index is 12.7. The summed E-state index contributed by atoms with van der Waals surface area (Å²) in [4.78, 5) is 28.2. The highest BCUT2D eigenvalue weighted by Gasteiger charge is 2.51. The van der Waals surface area contributed by atoms with E-state index in [1.165, 1.54) is 6.20 Å². The molecule has 0 radical (unpaired) electrons. The minimum absolute atomic E-state index is 0.0118. The average molecular weight is 463 g/mol. The van der Waals surface area contributed by atoms with Gasteiger partial charge in [-0.1, -0.05) is 6.42 Å². The van der Waals surface area contributed by atoms with Gasteiger partial charge in [0.25, 0.3) is 0 Å². The van der Waals surface area contributed by atoms with E-state index in [4.69, 9.17) is 9.72 Å². The normalized spacial score (nSPS) is 21.1. The van der Waals surface area contributed by atoms with Crippen molar-refractivity contribution in [2.75, 3.05) is 36.0 Å². The van der Waals surface area contributed by atoms with Crippen LogP contribution in [0.25, 0.3) is 0 Å². The van der Waals surface area contributed by atoms with Crippen LogP contribution in [0, 0.1) is 11.3 Å². The van der Waals surface area contributed by atoms with Gasteiger partial charge < -0.3 is 19.4 Å². The first-order chi connectivity index (χ1) is 16.2. The predicted molar refractivity (Wildman–Crippen MR) is 126 cm³/mol. The van der Waals surface area contributed by atoms with Crippen LogP contribution in [0.3, 0.4) is 0 Å². The van der Waals surface area contributed by atoms with Crippen molar-refractivity contribution in [1.29, 1.82) is 5.26 Å². The minimum atomic E-state index is -0.521. The highest BCUT2D eigenvalue weighted by atomic mass is 16.6. The summed E-state index contributed by atoms with van der Waals surface area (Å²) in [6.07, 6.45) is 6.09. The Bertz CT molecular complexity index is 1150. The Hall–Kier alpha value is -3.48. The zero-order valence-corrected chi connectivity index (χ0v) is 20.2. The minimum Gasteiger partial charge on any atom is -0.444 e. The van der Waals surface area contributed by atoms with E-state index in [0.29, 0.717) is 31.0 Å². The SMILES string of the molecule is CC1CN(c2ncnc3c2C2(CCC2)CN3c2cc(C#N)cnn2)CCN1C(=O)OC(C)(C)C. The molecule has 1 atom stereocenters. The average Bonchev–Trinajstić information content (AvgIpc) is 3.14. The van der Waals surface area contributed by atoms with E-state index in [1.807, 2.05) is 27.7 Å². The number of amides is 1. The van der Waals surface area contributed by atoms with Crippen molar-refractivity contribution >= 4 is 23.5 Å². The van der Waals surface area contributed by atoms with Crippen LogP contribution in [0.4, 0.5) is 22.2 Å². The molecule has 10 heteroatoms. The van der Waals surface area contributed by atoms with Crippen molar-refractivity contribution < 1.29 is 9.53 Å². The molecule has 1 aliphatic carbocycles. The molecule has 0 bridgehead atoms. The molecule has 2 aromatic heterocycles. The van der Waals surface area contributed by atoms with Crippen LogP contribution in [0.15, 0.2) is 18.6 Å². The highest BCUT2D eigenvalue weighted by Crippen LogP contribution is 2.56. The van der Waals surface area contributed by atoms with Gasteiger partial charge in [-0.2, -0.15) is 10.4 Å². The van der Waals surface area contributed by atoms with E-state index < -0.39 is 5.60 Å². The molecule has 2 aromatic rings. The third kappa shape index (κ3) is 3.79. The Balaban J connectivity index is 1.45. The first-order valence-corrected chi connectivity index (χ1v) is 11.8. The van der Waals surface area contributed by atoms with Crippen molar-refractivity contribution in [3.63, 3.8) is 0 Å².